The van der Waals surface area contributed by atoms with Gasteiger partial charge in [0.2, 0.25) is 0 Å². The first kappa shape index (κ1) is 153. The predicted molar refractivity (Wildman–Crippen MR) is 39.9 cm³/mol. The highest BCUT2D eigenvalue weighted by atomic mass is 35.5. The van der Waals surface area contributed by atoms with Crippen molar-refractivity contribution in [1.29, 1.82) is 0 Å². The van der Waals surface area contributed by atoms with Crippen molar-refractivity contribution in [3.05, 3.63) is 0 Å². The van der Waals surface area contributed by atoms with E-state index in [-0.39, 0.29) is 67.5 Å². The van der Waals surface area contributed by atoms with Crippen LogP contribution in [0, 0.1) is 0 Å². The Bertz CT molecular complexity index is 3.90. The summed E-state index contributed by atoms with van der Waals surface area (Å²) in [6.45, 7) is 0. The number of rotatable bonds is 0. The minimum Gasteiger partial charge on any atom is -0.412 e. The average Bonchev–Trinajstić information content (AvgIpc) is 0. The fraction of sp³-hybridized carbons (Fsp3) is 0. The Morgan fingerprint density at radius 2 is 0.333 bits per heavy atom. The van der Waals surface area contributed by atoms with E-state index in [1.54, 1.807) is 0 Å². The van der Waals surface area contributed by atoms with E-state index in [1.807, 2.05) is 0 Å². The van der Waals surface area contributed by atoms with Gasteiger partial charge in [-0.2, -0.15) is 0 Å². The highest BCUT2D eigenvalue weighted by Gasteiger charge is -0.143. The highest BCUT2D eigenvalue weighted by Crippen LogP contribution is 0.694. The summed E-state index contributed by atoms with van der Waals surface area (Å²) in [7, 11) is 0. The van der Waals surface area contributed by atoms with Crippen molar-refractivity contribution in [1.82, 2.24) is 0 Å². The molecule has 1 nitrogen and oxygen atoms in total. The predicted octanol–water partition coefficient (Wildman–Crippen LogP) is 1.28. The Hall–Kier alpha value is 1.41. The lowest BCUT2D eigenvalue weighted by molar-refractivity contribution is 0.824. The summed E-state index contributed by atoms with van der Waals surface area (Å²) in [6, 6.07) is 0. The van der Waals surface area contributed by atoms with Gasteiger partial charge in [0, 0.05) is 0 Å². The zero-order chi connectivity index (χ0) is 0. The van der Waals surface area contributed by atoms with Crippen LogP contribution in [-0.2, 0) is 0 Å². The van der Waals surface area contributed by atoms with Gasteiger partial charge in [-0.3, -0.25) is 0 Å². The summed E-state index contributed by atoms with van der Waals surface area (Å²) in [6.07, 6.45) is 0. The molecule has 6 heteroatoms. The molecular weight excluding hydrogens is 193 g/mol. The maximum atomic E-state index is 0. The zero-order valence-corrected chi connectivity index (χ0v) is 6.62. The molecule has 0 radical (unpaired) electrons. The van der Waals surface area contributed by atoms with Crippen LogP contribution in [0.15, 0.2) is 0 Å². The molecule has 6 heavy (non-hydrogen) atoms. The Kier molecular flexibility index (Phi) is 2410. The third kappa shape index (κ3) is 52.9. The van der Waals surface area contributed by atoms with Crippen molar-refractivity contribution >= 4 is 62.0 Å². The molecule has 0 rings (SSSR count). The van der Waals surface area contributed by atoms with E-state index in [1.165, 1.54) is 0 Å². The molecule has 0 atom stereocenters. The van der Waals surface area contributed by atoms with E-state index in [2.05, 4.69) is 0 Å². The summed E-state index contributed by atoms with van der Waals surface area (Å²) >= 11 is 0. The summed E-state index contributed by atoms with van der Waals surface area (Å²) in [5, 5.41) is 0. The summed E-state index contributed by atoms with van der Waals surface area (Å²) in [5.74, 6) is 0. The van der Waals surface area contributed by atoms with E-state index < -0.39 is 0 Å². The molecule has 0 saturated carbocycles. The van der Waals surface area contributed by atoms with Crippen LogP contribution in [-0.4, -0.2) is 5.48 Å². The normalized spacial score (nSPS) is 0. The molecular formula is H7Cl5O. The second-order valence-corrected chi connectivity index (χ2v) is 0. The maximum Gasteiger partial charge on any atom is -0.147 e. The van der Waals surface area contributed by atoms with E-state index >= 15 is 0 Å². The molecule has 0 amide bonds. The Balaban J connectivity index is 0. The molecule has 0 bridgehead atoms. The SMILES string of the molecule is Cl.Cl.Cl.Cl.Cl.O. The van der Waals surface area contributed by atoms with Crippen molar-refractivity contribution in [3.63, 3.8) is 0 Å². The van der Waals surface area contributed by atoms with Crippen LogP contribution in [0.5, 0.6) is 0 Å². The van der Waals surface area contributed by atoms with Crippen LogP contribution in [0.4, 0.5) is 0 Å². The van der Waals surface area contributed by atoms with E-state index in [0.717, 1.165) is 0 Å². The van der Waals surface area contributed by atoms with Crippen molar-refractivity contribution in [3.8, 4) is 0 Å². The molecule has 0 aliphatic rings. The lowest BCUT2D eigenvalue weighted by Gasteiger charge is -0.412. The van der Waals surface area contributed by atoms with E-state index in [4.69, 9.17) is 0 Å². The monoisotopic (exact) mass is 198 g/mol. The Morgan fingerprint density at radius 3 is 0.333 bits per heavy atom. The van der Waals surface area contributed by atoms with E-state index in [0.29, 0.717) is 0 Å². The molecule has 0 spiro atoms. The largest absolute Gasteiger partial charge is 0.412 e. The van der Waals surface area contributed by atoms with Crippen LogP contribution in [0.25, 0.3) is 0 Å². The molecule has 0 aromatic rings. The van der Waals surface area contributed by atoms with Gasteiger partial charge in [-0.05, 0) is 0 Å². The van der Waals surface area contributed by atoms with Crippen molar-refractivity contribution in [2.45, 2.75) is 0 Å². The second kappa shape index (κ2) is 94.4. The first-order valence-electron chi connectivity index (χ1n) is 0. The Morgan fingerprint density at radius 1 is 0.333 bits per heavy atom. The standard InChI is InChI=1S/5ClH.H2O/h5*1H;1H2. The lowest BCUT2D eigenvalue weighted by atomic mass is 16.0. The van der Waals surface area contributed by atoms with Gasteiger partial charge in [0.05, 0.1) is 0 Å². The van der Waals surface area contributed by atoms with Gasteiger partial charge >= 0.3 is 0 Å². The quantitative estimate of drug-likeness (QED) is 0.564. The molecule has 0 unspecified atom stereocenters. The molecule has 0 aliphatic heterocycles. The van der Waals surface area contributed by atoms with Crippen molar-refractivity contribution in [2.24, 2.45) is 0 Å². The number of hydrogen-bond acceptors (Lipinski definition) is 0. The minimum atomic E-state index is 0. The molecule has 0 aliphatic carbocycles. The number of halogens is 5. The summed E-state index contributed by atoms with van der Waals surface area (Å²) in [5.41, 5.74) is 0. The molecule has 0 saturated heterocycles. The summed E-state index contributed by atoms with van der Waals surface area (Å²) in [4.78, 5) is 0. The summed E-state index contributed by atoms with van der Waals surface area (Å²) < 4.78 is 0. The van der Waals surface area contributed by atoms with Gasteiger partial charge in [-0.25, -0.2) is 0 Å². The highest BCUT2D eigenvalue weighted by molar-refractivity contribution is 5.86. The molecule has 0 aromatic heterocycles. The fourth-order valence-corrected chi connectivity index (χ4v) is 0. The first-order chi connectivity index (χ1) is 0. The van der Waals surface area contributed by atoms with Crippen LogP contribution in [0.1, 0.15) is 0 Å². The van der Waals surface area contributed by atoms with Crippen molar-refractivity contribution < 1.29 is 5.48 Å². The Labute approximate surface area is 67.6 Å². The second-order valence-electron chi connectivity index (χ2n) is 0. The topological polar surface area (TPSA) is 31.5 Å². The molecule has 2 N–H and O–H groups in total. The van der Waals surface area contributed by atoms with E-state index in [9.17, 15) is 0 Å². The average molecular weight is 200 g/mol. The first-order valence-corrected chi connectivity index (χ1v) is 0. The number of hydrogen-bond donors (Lipinski definition) is 0. The molecule has 0 fully saturated rings. The third-order valence-corrected chi connectivity index (χ3v) is 0. The fourth-order valence-electron chi connectivity index (χ4n) is 0. The third-order valence-electron chi connectivity index (χ3n) is 0. The molecule has 48 valence electrons. The molecule has 0 heterocycles. The molecule has 0 aromatic carbocycles. The van der Waals surface area contributed by atoms with Crippen LogP contribution < -0.4 is 0 Å². The lowest BCUT2D eigenvalue weighted by Crippen LogP contribution is -0.289. The van der Waals surface area contributed by atoms with Crippen molar-refractivity contribution in [2.75, 3.05) is 0 Å². The zero-order valence-electron chi connectivity index (χ0n) is 2.54. The van der Waals surface area contributed by atoms with Gasteiger partial charge in [-0.15, -0.1) is 62.0 Å². The van der Waals surface area contributed by atoms with Gasteiger partial charge in [0.1, 0.15) is 0 Å². The van der Waals surface area contributed by atoms with Crippen LogP contribution in [0.2, 0.25) is 0 Å². The van der Waals surface area contributed by atoms with Gasteiger partial charge < -0.3 is 5.48 Å². The van der Waals surface area contributed by atoms with Gasteiger partial charge in [0.15, 0.2) is 0 Å². The maximum absolute atomic E-state index is 0. The van der Waals surface area contributed by atoms with Gasteiger partial charge in [0.25, 0.3) is 0 Å². The van der Waals surface area contributed by atoms with Crippen LogP contribution in [0.3, 0.4) is 0 Å². The smallest absolute Gasteiger partial charge is 0.147 e. The minimum absolute atomic E-state index is 0. The van der Waals surface area contributed by atoms with Gasteiger partial charge in [-0.1, -0.05) is 0 Å². The van der Waals surface area contributed by atoms with Crippen LogP contribution >= 0.6 is 62.0 Å².